The molecular formula is C28H36O5. The van der Waals surface area contributed by atoms with E-state index in [1.54, 1.807) is 6.08 Å². The van der Waals surface area contributed by atoms with Crippen LogP contribution in [0.1, 0.15) is 59.3 Å². The fourth-order valence-electron chi connectivity index (χ4n) is 8.99. The number of hydrogen-bond acceptors (Lipinski definition) is 5. The van der Waals surface area contributed by atoms with E-state index >= 15 is 0 Å². The SMILES string of the molecule is C=C1C(=O)O[C@@H]2C[C@@]1(C)OC[C@H]2[C@H]1CC[C@H]2[C@@H]3CC=C4CC=CC(=O)[C@]4(C)[C@H]3C[C@H](O)[C@]12C. The number of carbonyl (C=O) groups is 2. The maximum atomic E-state index is 13.1. The molecule has 2 saturated heterocycles. The number of ether oxygens (including phenoxy) is 2. The second-order valence-corrected chi connectivity index (χ2v) is 12.1. The first-order valence-electron chi connectivity index (χ1n) is 12.7. The normalized spacial score (nSPS) is 53.0. The average molecular weight is 453 g/mol. The standard InChI is InChI=1S/C28H36O5/c1-15-25(31)33-22-13-26(15,2)32-14-18(22)20-11-10-19-17-9-8-16-6-5-7-23(29)27(16,3)21(17)12-24(30)28(19,20)4/h5,7-8,17-22,24,30H,1,6,9-14H2,2-4H3/t17-,18-,19-,20+,21-,22+,24-,26+,27-,28-/m0/s1. The Hall–Kier alpha value is -1.72. The second-order valence-electron chi connectivity index (χ2n) is 12.1. The summed E-state index contributed by atoms with van der Waals surface area (Å²) >= 11 is 0. The summed E-state index contributed by atoms with van der Waals surface area (Å²) < 4.78 is 12.1. The van der Waals surface area contributed by atoms with Crippen molar-refractivity contribution in [3.05, 3.63) is 36.0 Å². The minimum atomic E-state index is -0.639. The van der Waals surface area contributed by atoms with Gasteiger partial charge in [-0.15, -0.1) is 0 Å². The molecule has 0 unspecified atom stereocenters. The maximum Gasteiger partial charge on any atom is 0.336 e. The zero-order valence-corrected chi connectivity index (χ0v) is 20.0. The summed E-state index contributed by atoms with van der Waals surface area (Å²) in [5.41, 5.74) is 0.277. The van der Waals surface area contributed by atoms with E-state index in [0.717, 1.165) is 25.7 Å². The number of aliphatic hydroxyl groups is 1. The van der Waals surface area contributed by atoms with E-state index in [1.165, 1.54) is 5.57 Å². The lowest BCUT2D eigenvalue weighted by Gasteiger charge is -2.59. The zero-order valence-electron chi connectivity index (χ0n) is 20.0. The van der Waals surface area contributed by atoms with Gasteiger partial charge < -0.3 is 14.6 Å². The molecule has 178 valence electrons. The molecule has 4 aliphatic carbocycles. The van der Waals surface area contributed by atoms with Gasteiger partial charge in [0.15, 0.2) is 5.78 Å². The largest absolute Gasteiger partial charge is 0.458 e. The molecule has 0 aromatic carbocycles. The van der Waals surface area contributed by atoms with Crippen molar-refractivity contribution in [3.8, 4) is 0 Å². The number of fused-ring (bicyclic) bond motifs is 7. The highest BCUT2D eigenvalue weighted by Crippen LogP contribution is 2.67. The summed E-state index contributed by atoms with van der Waals surface area (Å²) in [6, 6.07) is 0. The van der Waals surface area contributed by atoms with Crippen molar-refractivity contribution >= 4 is 11.8 Å². The number of esters is 1. The van der Waals surface area contributed by atoms with Crippen molar-refractivity contribution in [1.29, 1.82) is 0 Å². The van der Waals surface area contributed by atoms with Crippen LogP contribution in [0.4, 0.5) is 0 Å². The molecule has 5 nitrogen and oxygen atoms in total. The van der Waals surface area contributed by atoms with Gasteiger partial charge in [0.25, 0.3) is 0 Å². The van der Waals surface area contributed by atoms with Crippen LogP contribution in [0, 0.1) is 40.4 Å². The Kier molecular flexibility index (Phi) is 4.56. The molecule has 1 N–H and O–H groups in total. The molecule has 0 aromatic heterocycles. The Balaban J connectivity index is 1.32. The molecule has 6 rings (SSSR count). The molecule has 5 heteroatoms. The van der Waals surface area contributed by atoms with Crippen molar-refractivity contribution in [2.45, 2.75) is 77.1 Å². The highest BCUT2D eigenvalue weighted by molar-refractivity contribution is 5.98. The Morgan fingerprint density at radius 1 is 1.09 bits per heavy atom. The molecule has 10 atom stereocenters. The number of allylic oxidation sites excluding steroid dienone is 4. The van der Waals surface area contributed by atoms with Crippen LogP contribution < -0.4 is 0 Å². The third kappa shape index (κ3) is 2.67. The molecule has 2 saturated carbocycles. The predicted octanol–water partition coefficient (Wildman–Crippen LogP) is 4.16. The molecular weight excluding hydrogens is 416 g/mol. The van der Waals surface area contributed by atoms with Gasteiger partial charge in [0.1, 0.15) is 11.7 Å². The van der Waals surface area contributed by atoms with Gasteiger partial charge in [-0.2, -0.15) is 0 Å². The number of rotatable bonds is 1. The number of carbonyl (C=O) groups excluding carboxylic acids is 2. The minimum Gasteiger partial charge on any atom is -0.458 e. The summed E-state index contributed by atoms with van der Waals surface area (Å²) in [6.45, 7) is 10.8. The van der Waals surface area contributed by atoms with E-state index in [1.807, 2.05) is 13.0 Å². The molecule has 33 heavy (non-hydrogen) atoms. The van der Waals surface area contributed by atoms with Crippen molar-refractivity contribution in [2.75, 3.05) is 6.61 Å². The van der Waals surface area contributed by atoms with Crippen LogP contribution in [-0.4, -0.2) is 41.3 Å². The second kappa shape index (κ2) is 6.91. The van der Waals surface area contributed by atoms with Crippen LogP contribution in [0.3, 0.4) is 0 Å². The monoisotopic (exact) mass is 452 g/mol. The van der Waals surface area contributed by atoms with Gasteiger partial charge in [-0.05, 0) is 81.1 Å². The van der Waals surface area contributed by atoms with Crippen molar-refractivity contribution < 1.29 is 24.2 Å². The maximum absolute atomic E-state index is 13.1. The van der Waals surface area contributed by atoms with Crippen LogP contribution in [0.5, 0.6) is 0 Å². The number of ketones is 1. The average Bonchev–Trinajstić information content (AvgIpc) is 3.13. The van der Waals surface area contributed by atoms with E-state index in [4.69, 9.17) is 9.47 Å². The third-order valence-electron chi connectivity index (χ3n) is 11.1. The smallest absolute Gasteiger partial charge is 0.336 e. The van der Waals surface area contributed by atoms with Crippen LogP contribution in [0.15, 0.2) is 36.0 Å². The van der Waals surface area contributed by atoms with Gasteiger partial charge in [-0.1, -0.05) is 31.2 Å². The molecule has 2 bridgehead atoms. The van der Waals surface area contributed by atoms with Crippen LogP contribution >= 0.6 is 0 Å². The quantitative estimate of drug-likeness (QED) is 0.367. The lowest BCUT2D eigenvalue weighted by atomic mass is 9.46. The van der Waals surface area contributed by atoms with Crippen LogP contribution in [0.2, 0.25) is 0 Å². The third-order valence-corrected chi connectivity index (χ3v) is 11.1. The molecule has 0 spiro atoms. The highest BCUT2D eigenvalue weighted by atomic mass is 16.6. The Morgan fingerprint density at radius 2 is 1.82 bits per heavy atom. The first-order valence-corrected chi connectivity index (χ1v) is 12.7. The first-order chi connectivity index (χ1) is 15.6. The molecule has 4 fully saturated rings. The molecule has 2 aliphatic heterocycles. The number of hydrogen-bond donors (Lipinski definition) is 1. The van der Waals surface area contributed by atoms with Crippen molar-refractivity contribution in [2.24, 2.45) is 40.4 Å². The molecule has 2 heterocycles. The summed E-state index contributed by atoms with van der Waals surface area (Å²) in [4.78, 5) is 25.6. The van der Waals surface area contributed by atoms with Crippen molar-refractivity contribution in [1.82, 2.24) is 0 Å². The predicted molar refractivity (Wildman–Crippen MR) is 123 cm³/mol. The van der Waals surface area contributed by atoms with Gasteiger partial charge in [0, 0.05) is 12.3 Å². The van der Waals surface area contributed by atoms with Gasteiger partial charge in [-0.3, -0.25) is 4.79 Å². The van der Waals surface area contributed by atoms with E-state index < -0.39 is 17.1 Å². The Morgan fingerprint density at radius 3 is 2.58 bits per heavy atom. The van der Waals surface area contributed by atoms with Gasteiger partial charge in [-0.25, -0.2) is 4.79 Å². The lowest BCUT2D eigenvalue weighted by molar-refractivity contribution is -0.208. The zero-order chi connectivity index (χ0) is 23.3. The summed E-state index contributed by atoms with van der Waals surface area (Å²) in [6.07, 6.45) is 10.6. The molecule has 0 aromatic rings. The van der Waals surface area contributed by atoms with E-state index in [2.05, 4.69) is 26.5 Å². The molecule has 0 amide bonds. The summed E-state index contributed by atoms with van der Waals surface area (Å²) in [5.74, 6) is 1.11. The van der Waals surface area contributed by atoms with E-state index in [-0.39, 0.29) is 41.0 Å². The Bertz CT molecular complexity index is 994. The van der Waals surface area contributed by atoms with Gasteiger partial charge >= 0.3 is 5.97 Å². The lowest BCUT2D eigenvalue weighted by Crippen LogP contribution is -2.61. The number of aliphatic hydroxyl groups excluding tert-OH is 1. The van der Waals surface area contributed by atoms with Gasteiger partial charge in [0.05, 0.1) is 23.7 Å². The van der Waals surface area contributed by atoms with Crippen LogP contribution in [0.25, 0.3) is 0 Å². The Labute approximate surface area is 196 Å². The topological polar surface area (TPSA) is 72.8 Å². The van der Waals surface area contributed by atoms with Gasteiger partial charge in [0.2, 0.25) is 0 Å². The van der Waals surface area contributed by atoms with Crippen LogP contribution in [-0.2, 0) is 19.1 Å². The minimum absolute atomic E-state index is 0.0841. The summed E-state index contributed by atoms with van der Waals surface area (Å²) in [5, 5.41) is 11.7. The highest BCUT2D eigenvalue weighted by Gasteiger charge is 2.65. The fraction of sp³-hybridized carbons (Fsp3) is 0.714. The van der Waals surface area contributed by atoms with E-state index in [0.29, 0.717) is 36.9 Å². The molecule has 6 aliphatic rings. The van der Waals surface area contributed by atoms with E-state index in [9.17, 15) is 14.7 Å². The fourth-order valence-corrected chi connectivity index (χ4v) is 8.99. The first kappa shape index (κ1) is 21.8. The van der Waals surface area contributed by atoms with Crippen molar-refractivity contribution in [3.63, 3.8) is 0 Å². The summed E-state index contributed by atoms with van der Waals surface area (Å²) in [7, 11) is 0. The molecule has 0 radical (unpaired) electrons.